The Morgan fingerprint density at radius 3 is 2.38 bits per heavy atom. The van der Waals surface area contributed by atoms with Crippen molar-refractivity contribution >= 4 is 43.9 Å². The minimum absolute atomic E-state index is 0.0552. The fraction of sp³-hybridized carbons (Fsp3) is 0.0556. The maximum Gasteiger partial charge on any atom is 0.341 e. The van der Waals surface area contributed by atoms with E-state index in [2.05, 4.69) is 10.5 Å². The van der Waals surface area contributed by atoms with Crippen molar-refractivity contribution in [2.45, 2.75) is 10.7 Å². The molecule has 148 valence electrons. The van der Waals surface area contributed by atoms with E-state index in [9.17, 15) is 22.0 Å². The number of anilines is 2. The Morgan fingerprint density at radius 1 is 1.14 bits per heavy atom. The molecule has 1 amide bonds. The number of allylic oxidation sites excluding steroid dienone is 1. The molecule has 0 spiro atoms. The summed E-state index contributed by atoms with van der Waals surface area (Å²) < 4.78 is 48.0. The van der Waals surface area contributed by atoms with Crippen LogP contribution in [0.1, 0.15) is 0 Å². The summed E-state index contributed by atoms with van der Waals surface area (Å²) >= 11 is 0.984. The molecule has 1 fully saturated rings. The van der Waals surface area contributed by atoms with Crippen molar-refractivity contribution in [3.8, 4) is 6.07 Å². The number of nitriles is 1. The summed E-state index contributed by atoms with van der Waals surface area (Å²) in [5.74, 6) is -3.96. The van der Waals surface area contributed by atoms with E-state index >= 15 is 0 Å². The van der Waals surface area contributed by atoms with E-state index in [0.717, 1.165) is 23.9 Å². The minimum Gasteiger partial charge on any atom is -0.277 e. The molecule has 2 aromatic carbocycles. The molecule has 1 aliphatic heterocycles. The zero-order chi connectivity index (χ0) is 21.0. The molecule has 0 radical (unpaired) electrons. The monoisotopic (exact) mass is 434 g/mol. The minimum atomic E-state index is -4.68. The maximum absolute atomic E-state index is 12.7. The number of nitrogens with zero attached hydrogens (tertiary/aromatic N) is 3. The third kappa shape index (κ3) is 4.28. The quantitative estimate of drug-likeness (QED) is 0.570. The summed E-state index contributed by atoms with van der Waals surface area (Å²) in [5, 5.41) is 13.4. The number of hydrazone groups is 1. The van der Waals surface area contributed by atoms with Gasteiger partial charge >= 0.3 is 5.76 Å². The maximum atomic E-state index is 12.7. The average Bonchev–Trinajstić information content (AvgIpc) is 3.02. The molecule has 11 heteroatoms. The van der Waals surface area contributed by atoms with Crippen LogP contribution in [0, 0.1) is 11.3 Å². The van der Waals surface area contributed by atoms with Gasteiger partial charge in [-0.1, -0.05) is 18.2 Å². The molecule has 1 N–H and O–H groups in total. The zero-order valence-electron chi connectivity index (χ0n) is 14.5. The fourth-order valence-corrected chi connectivity index (χ4v) is 3.94. The van der Waals surface area contributed by atoms with Crippen LogP contribution < -0.4 is 10.3 Å². The first-order valence-corrected chi connectivity index (χ1v) is 10.3. The van der Waals surface area contributed by atoms with Crippen LogP contribution in [0.5, 0.6) is 0 Å². The molecule has 2 aromatic rings. The highest BCUT2D eigenvalue weighted by molar-refractivity contribution is 8.20. The third-order valence-corrected chi connectivity index (χ3v) is 6.08. The first-order valence-electron chi connectivity index (χ1n) is 7.97. The normalized spacial score (nSPS) is 17.2. The van der Waals surface area contributed by atoms with Gasteiger partial charge in [-0.15, -0.1) is 0 Å². The molecule has 1 aliphatic rings. The number of nitrogens with one attached hydrogen (secondary N) is 1. The van der Waals surface area contributed by atoms with Crippen molar-refractivity contribution in [1.82, 2.24) is 0 Å². The predicted molar refractivity (Wildman–Crippen MR) is 106 cm³/mol. The van der Waals surface area contributed by atoms with E-state index in [4.69, 9.17) is 5.26 Å². The van der Waals surface area contributed by atoms with Crippen LogP contribution in [-0.4, -0.2) is 25.1 Å². The van der Waals surface area contributed by atoms with Crippen LogP contribution in [0.3, 0.4) is 0 Å². The second kappa shape index (κ2) is 8.42. The van der Waals surface area contributed by atoms with Gasteiger partial charge in [-0.3, -0.25) is 15.1 Å². The lowest BCUT2D eigenvalue weighted by Crippen LogP contribution is -2.26. The summed E-state index contributed by atoms with van der Waals surface area (Å²) in [5.41, 5.74) is 3.45. The molecule has 0 unspecified atom stereocenters. The van der Waals surface area contributed by atoms with E-state index in [1.807, 2.05) is 6.07 Å². The number of alkyl halides is 2. The number of hydrogen-bond donors (Lipinski definition) is 1. The van der Waals surface area contributed by atoms with Gasteiger partial charge in [0.1, 0.15) is 0 Å². The SMILES string of the molecule is N#C/C=C1\S/C(=N\Nc2ccc(S(=O)(=O)C(F)F)cc2)C(=O)N1c1ccccc1. The van der Waals surface area contributed by atoms with E-state index in [1.165, 1.54) is 23.1 Å². The lowest BCUT2D eigenvalue weighted by atomic mass is 10.3. The van der Waals surface area contributed by atoms with Gasteiger partial charge < -0.3 is 0 Å². The number of carbonyl (C=O) groups excluding carboxylic acids is 1. The van der Waals surface area contributed by atoms with Crippen molar-refractivity contribution in [3.05, 3.63) is 65.7 Å². The number of amides is 1. The van der Waals surface area contributed by atoms with Gasteiger partial charge in [0.15, 0.2) is 5.04 Å². The van der Waals surface area contributed by atoms with Crippen LogP contribution in [0.25, 0.3) is 0 Å². The number of benzene rings is 2. The van der Waals surface area contributed by atoms with Crippen LogP contribution in [0.2, 0.25) is 0 Å². The molecule has 0 bridgehead atoms. The number of thioether (sulfide) groups is 1. The number of hydrogen-bond acceptors (Lipinski definition) is 7. The van der Waals surface area contributed by atoms with Crippen molar-refractivity contribution in [2.75, 3.05) is 10.3 Å². The number of sulfone groups is 1. The highest BCUT2D eigenvalue weighted by Crippen LogP contribution is 2.35. The third-order valence-electron chi connectivity index (χ3n) is 3.71. The number of halogens is 2. The fourth-order valence-electron chi connectivity index (χ4n) is 2.36. The Kier molecular flexibility index (Phi) is 5.95. The molecule has 7 nitrogen and oxygen atoms in total. The molecule has 0 atom stereocenters. The van der Waals surface area contributed by atoms with Gasteiger partial charge in [-0.25, -0.2) is 8.42 Å². The Balaban J connectivity index is 1.82. The second-order valence-electron chi connectivity index (χ2n) is 5.55. The summed E-state index contributed by atoms with van der Waals surface area (Å²) in [6, 6.07) is 15.1. The molecular weight excluding hydrogens is 422 g/mol. The van der Waals surface area contributed by atoms with E-state index in [-0.39, 0.29) is 5.04 Å². The van der Waals surface area contributed by atoms with Gasteiger partial charge in [0.05, 0.1) is 21.7 Å². The van der Waals surface area contributed by atoms with Crippen LogP contribution >= 0.6 is 11.8 Å². The summed E-state index contributed by atoms with van der Waals surface area (Å²) in [7, 11) is -4.68. The Bertz CT molecular complexity index is 1130. The van der Waals surface area contributed by atoms with Crippen LogP contribution in [0.15, 0.2) is 75.7 Å². The van der Waals surface area contributed by atoms with E-state index in [1.54, 1.807) is 30.3 Å². The van der Waals surface area contributed by atoms with E-state index in [0.29, 0.717) is 16.4 Å². The Labute approximate surface area is 169 Å². The Hall–Kier alpha value is -3.23. The standard InChI is InChI=1S/C18H12F2N4O3S2/c19-18(20)29(26,27)14-8-6-12(7-9-14)22-23-16-17(25)24(15(28-16)10-11-21)13-4-2-1-3-5-13/h1-10,18,22H/b15-10-,23-16-. The van der Waals surface area contributed by atoms with Crippen molar-refractivity contribution < 1.29 is 22.0 Å². The molecule has 3 rings (SSSR count). The summed E-state index contributed by atoms with van der Waals surface area (Å²) in [6.45, 7) is 0. The molecule has 29 heavy (non-hydrogen) atoms. The number of rotatable bonds is 5. The van der Waals surface area contributed by atoms with Gasteiger partial charge in [0, 0.05) is 11.8 Å². The zero-order valence-corrected chi connectivity index (χ0v) is 16.1. The number of carbonyl (C=O) groups is 1. The van der Waals surface area contributed by atoms with Crippen molar-refractivity contribution in [3.63, 3.8) is 0 Å². The van der Waals surface area contributed by atoms with Crippen LogP contribution in [0.4, 0.5) is 20.2 Å². The van der Waals surface area contributed by atoms with Gasteiger partial charge in [-0.05, 0) is 48.2 Å². The topological polar surface area (TPSA) is 103 Å². The molecule has 0 aromatic heterocycles. The highest BCUT2D eigenvalue weighted by Gasteiger charge is 2.35. The predicted octanol–water partition coefficient (Wildman–Crippen LogP) is 3.55. The molecule has 0 aliphatic carbocycles. The van der Waals surface area contributed by atoms with Crippen molar-refractivity contribution in [2.24, 2.45) is 5.10 Å². The second-order valence-corrected chi connectivity index (χ2v) is 8.48. The van der Waals surface area contributed by atoms with Crippen LogP contribution in [-0.2, 0) is 14.6 Å². The van der Waals surface area contributed by atoms with Gasteiger partial charge in [-0.2, -0.15) is 19.1 Å². The lowest BCUT2D eigenvalue weighted by Gasteiger charge is -2.15. The smallest absolute Gasteiger partial charge is 0.277 e. The molecule has 0 saturated carbocycles. The average molecular weight is 434 g/mol. The Morgan fingerprint density at radius 2 is 1.79 bits per heavy atom. The molecule has 1 saturated heterocycles. The highest BCUT2D eigenvalue weighted by atomic mass is 32.2. The lowest BCUT2D eigenvalue weighted by molar-refractivity contribution is -0.111. The summed E-state index contributed by atoms with van der Waals surface area (Å²) in [6.07, 6.45) is 1.22. The molecule has 1 heterocycles. The van der Waals surface area contributed by atoms with Crippen molar-refractivity contribution in [1.29, 1.82) is 5.26 Å². The summed E-state index contributed by atoms with van der Waals surface area (Å²) in [4.78, 5) is 13.5. The number of para-hydroxylation sites is 1. The van der Waals surface area contributed by atoms with Gasteiger partial charge in [0.25, 0.3) is 5.91 Å². The first-order chi connectivity index (χ1) is 13.8. The largest absolute Gasteiger partial charge is 0.341 e. The van der Waals surface area contributed by atoms with Gasteiger partial charge in [0.2, 0.25) is 9.84 Å². The molecular formula is C18H12F2N4O3S2. The van der Waals surface area contributed by atoms with E-state index < -0.39 is 26.4 Å². The first kappa shape index (κ1) is 20.5.